The number of aromatic nitrogens is 4. The van der Waals surface area contributed by atoms with Crippen LogP contribution in [0.15, 0.2) is 10.7 Å². The van der Waals surface area contributed by atoms with E-state index in [9.17, 15) is 4.79 Å². The van der Waals surface area contributed by atoms with Crippen LogP contribution in [0.5, 0.6) is 0 Å². The van der Waals surface area contributed by atoms with Gasteiger partial charge in [-0.25, -0.2) is 0 Å². The van der Waals surface area contributed by atoms with E-state index in [4.69, 9.17) is 4.52 Å². The Kier molecular flexibility index (Phi) is 3.00. The highest BCUT2D eigenvalue weighted by molar-refractivity contribution is 6.01. The Bertz CT molecular complexity index is 584. The Balaban J connectivity index is 1.72. The van der Waals surface area contributed by atoms with Gasteiger partial charge < -0.3 is 15.2 Å². The van der Waals surface area contributed by atoms with Crippen molar-refractivity contribution in [3.8, 4) is 0 Å². The van der Waals surface area contributed by atoms with Gasteiger partial charge in [-0.05, 0) is 26.3 Å². The third-order valence-electron chi connectivity index (χ3n) is 3.07. The molecule has 1 atom stereocenters. The van der Waals surface area contributed by atoms with E-state index in [0.717, 1.165) is 24.9 Å². The number of H-pyrrole nitrogens is 1. The van der Waals surface area contributed by atoms with Gasteiger partial charge in [-0.2, -0.15) is 10.1 Å². The van der Waals surface area contributed by atoms with Crippen molar-refractivity contribution in [2.45, 2.75) is 25.8 Å². The maximum Gasteiger partial charge on any atom is 0.298 e. The number of aryl methyl sites for hydroxylation is 1. The molecule has 19 heavy (non-hydrogen) atoms. The minimum Gasteiger partial charge on any atom is -0.337 e. The van der Waals surface area contributed by atoms with Crippen LogP contribution in [0.25, 0.3) is 0 Å². The number of amides is 1. The molecule has 0 bridgehead atoms. The zero-order chi connectivity index (χ0) is 13.2. The molecule has 0 saturated carbocycles. The van der Waals surface area contributed by atoms with Crippen molar-refractivity contribution in [2.24, 2.45) is 0 Å². The smallest absolute Gasteiger partial charge is 0.298 e. The van der Waals surface area contributed by atoms with Crippen LogP contribution >= 0.6 is 0 Å². The molecular formula is C11H14N6O2. The highest BCUT2D eigenvalue weighted by atomic mass is 16.5. The highest BCUT2D eigenvalue weighted by Crippen LogP contribution is 2.21. The fourth-order valence-corrected chi connectivity index (χ4v) is 2.01. The molecule has 0 aromatic carbocycles. The Hall–Kier alpha value is -2.22. The van der Waals surface area contributed by atoms with Crippen LogP contribution in [-0.4, -0.2) is 32.8 Å². The van der Waals surface area contributed by atoms with Crippen molar-refractivity contribution in [1.82, 2.24) is 25.7 Å². The number of aromatic amines is 1. The number of rotatable bonds is 3. The van der Waals surface area contributed by atoms with Crippen molar-refractivity contribution in [1.29, 1.82) is 0 Å². The number of nitrogens with one attached hydrogen (secondary N) is 3. The lowest BCUT2D eigenvalue weighted by atomic mass is 10.2. The summed E-state index contributed by atoms with van der Waals surface area (Å²) >= 11 is 0. The van der Waals surface area contributed by atoms with Gasteiger partial charge in [0.2, 0.25) is 5.89 Å². The molecular weight excluding hydrogens is 248 g/mol. The van der Waals surface area contributed by atoms with Gasteiger partial charge in [0.1, 0.15) is 5.82 Å². The summed E-state index contributed by atoms with van der Waals surface area (Å²) in [5.74, 6) is 0.609. The molecule has 0 radical (unpaired) electrons. The van der Waals surface area contributed by atoms with Crippen molar-refractivity contribution >= 4 is 11.7 Å². The zero-order valence-electron chi connectivity index (χ0n) is 10.4. The molecule has 0 spiro atoms. The molecule has 1 aliphatic heterocycles. The number of anilines is 1. The van der Waals surface area contributed by atoms with Gasteiger partial charge in [-0.1, -0.05) is 5.16 Å². The first kappa shape index (κ1) is 11.8. The Morgan fingerprint density at radius 2 is 2.47 bits per heavy atom. The first-order valence-corrected chi connectivity index (χ1v) is 6.12. The van der Waals surface area contributed by atoms with Gasteiger partial charge in [-0.3, -0.25) is 9.89 Å². The molecule has 3 rings (SSSR count). The van der Waals surface area contributed by atoms with E-state index in [1.54, 1.807) is 6.20 Å². The first-order valence-electron chi connectivity index (χ1n) is 6.12. The number of carbonyl (C=O) groups excluding carboxylic acids is 1. The Morgan fingerprint density at radius 3 is 3.16 bits per heavy atom. The van der Waals surface area contributed by atoms with E-state index < -0.39 is 5.91 Å². The lowest BCUT2D eigenvalue weighted by molar-refractivity contribution is 0.101. The van der Waals surface area contributed by atoms with Crippen LogP contribution in [-0.2, 0) is 0 Å². The van der Waals surface area contributed by atoms with Crippen molar-refractivity contribution in [2.75, 3.05) is 11.9 Å². The molecule has 1 fully saturated rings. The largest absolute Gasteiger partial charge is 0.337 e. The van der Waals surface area contributed by atoms with E-state index in [1.807, 2.05) is 6.92 Å². The maximum atomic E-state index is 11.9. The molecule has 1 saturated heterocycles. The van der Waals surface area contributed by atoms with Crippen LogP contribution < -0.4 is 10.6 Å². The minimum atomic E-state index is -0.416. The van der Waals surface area contributed by atoms with E-state index >= 15 is 0 Å². The summed E-state index contributed by atoms with van der Waals surface area (Å²) in [5, 5.41) is 16.1. The number of hydrogen-bond acceptors (Lipinski definition) is 6. The molecule has 2 aromatic heterocycles. The molecule has 2 aromatic rings. The fourth-order valence-electron chi connectivity index (χ4n) is 2.01. The van der Waals surface area contributed by atoms with Gasteiger partial charge in [0.25, 0.3) is 11.7 Å². The topological polar surface area (TPSA) is 109 Å². The zero-order valence-corrected chi connectivity index (χ0v) is 10.4. The molecule has 1 aliphatic rings. The van der Waals surface area contributed by atoms with Crippen LogP contribution in [0.4, 0.5) is 5.82 Å². The summed E-state index contributed by atoms with van der Waals surface area (Å²) in [6.45, 7) is 2.77. The van der Waals surface area contributed by atoms with Crippen molar-refractivity contribution in [3.63, 3.8) is 0 Å². The van der Waals surface area contributed by atoms with Crippen LogP contribution in [0, 0.1) is 6.92 Å². The fraction of sp³-hybridized carbons (Fsp3) is 0.455. The average molecular weight is 262 g/mol. The van der Waals surface area contributed by atoms with Gasteiger partial charge in [0.05, 0.1) is 12.2 Å². The molecule has 1 unspecified atom stereocenters. The Morgan fingerprint density at radius 1 is 1.58 bits per heavy atom. The van der Waals surface area contributed by atoms with Crippen LogP contribution in [0.3, 0.4) is 0 Å². The summed E-state index contributed by atoms with van der Waals surface area (Å²) < 4.78 is 5.11. The van der Waals surface area contributed by atoms with Gasteiger partial charge in [0.15, 0.2) is 0 Å². The van der Waals surface area contributed by atoms with E-state index in [2.05, 4.69) is 31.0 Å². The highest BCUT2D eigenvalue weighted by Gasteiger charge is 2.24. The predicted molar refractivity (Wildman–Crippen MR) is 65.6 cm³/mol. The SMILES string of the molecule is Cc1cn[nH]c1NC(=O)c1noc(C2CCCN2)n1. The molecule has 1 amide bonds. The molecule has 8 nitrogen and oxygen atoms in total. The van der Waals surface area contributed by atoms with Gasteiger partial charge in [0, 0.05) is 5.56 Å². The van der Waals surface area contributed by atoms with E-state index in [-0.39, 0.29) is 11.9 Å². The van der Waals surface area contributed by atoms with Crippen molar-refractivity contribution < 1.29 is 9.32 Å². The van der Waals surface area contributed by atoms with E-state index in [0.29, 0.717) is 11.7 Å². The lowest BCUT2D eigenvalue weighted by Gasteiger charge is -2.01. The summed E-state index contributed by atoms with van der Waals surface area (Å²) in [7, 11) is 0. The molecule has 100 valence electrons. The maximum absolute atomic E-state index is 11.9. The normalized spacial score (nSPS) is 18.7. The Labute approximate surface area is 109 Å². The second-order valence-corrected chi connectivity index (χ2v) is 4.49. The third-order valence-corrected chi connectivity index (χ3v) is 3.07. The number of hydrogen-bond donors (Lipinski definition) is 3. The minimum absolute atomic E-state index is 0.0256. The molecule has 3 N–H and O–H groups in total. The summed E-state index contributed by atoms with van der Waals surface area (Å²) in [6.07, 6.45) is 3.64. The number of nitrogens with zero attached hydrogens (tertiary/aromatic N) is 3. The molecule has 3 heterocycles. The third kappa shape index (κ3) is 2.34. The lowest BCUT2D eigenvalue weighted by Crippen LogP contribution is -2.16. The standard InChI is InChI=1S/C11H14N6O2/c1-6-5-13-16-8(6)14-10(18)9-15-11(19-17-9)7-3-2-4-12-7/h5,7,12H,2-4H2,1H3,(H2,13,14,16,18). The first-order chi connectivity index (χ1) is 9.24. The summed E-state index contributed by atoms with van der Waals surface area (Å²) in [4.78, 5) is 16.0. The monoisotopic (exact) mass is 262 g/mol. The number of carbonyl (C=O) groups is 1. The van der Waals surface area contributed by atoms with E-state index in [1.165, 1.54) is 0 Å². The van der Waals surface area contributed by atoms with Gasteiger partial charge in [-0.15, -0.1) is 0 Å². The molecule has 8 heteroatoms. The van der Waals surface area contributed by atoms with Crippen LogP contribution in [0.2, 0.25) is 0 Å². The predicted octanol–water partition coefficient (Wildman–Crippen LogP) is 0.778. The quantitative estimate of drug-likeness (QED) is 0.754. The van der Waals surface area contributed by atoms with Gasteiger partial charge >= 0.3 is 0 Å². The summed E-state index contributed by atoms with van der Waals surface area (Å²) in [6, 6.07) is 0.0583. The molecule has 0 aliphatic carbocycles. The van der Waals surface area contributed by atoms with Crippen LogP contribution in [0.1, 0.15) is 41.0 Å². The second-order valence-electron chi connectivity index (χ2n) is 4.49. The average Bonchev–Trinajstić information content (AvgIpc) is 3.09. The second kappa shape index (κ2) is 4.81. The summed E-state index contributed by atoms with van der Waals surface area (Å²) in [5.41, 5.74) is 0.842. The van der Waals surface area contributed by atoms with Crippen molar-refractivity contribution in [3.05, 3.63) is 23.5 Å².